The van der Waals surface area contributed by atoms with Gasteiger partial charge in [0.25, 0.3) is 0 Å². The first-order valence-corrected chi connectivity index (χ1v) is 17.3. The van der Waals surface area contributed by atoms with Gasteiger partial charge in [-0.3, -0.25) is 0 Å². The van der Waals surface area contributed by atoms with Crippen LogP contribution in [0.1, 0.15) is 154 Å². The van der Waals surface area contributed by atoms with Crippen LogP contribution >= 0.6 is 0 Å². The van der Waals surface area contributed by atoms with E-state index in [2.05, 4.69) is 33.6 Å². The van der Waals surface area contributed by atoms with Crippen LogP contribution in [0.2, 0.25) is 0 Å². The summed E-state index contributed by atoms with van der Waals surface area (Å²) in [6.07, 6.45) is 31.7. The second-order valence-electron chi connectivity index (χ2n) is 11.1. The van der Waals surface area contributed by atoms with Crippen molar-refractivity contribution in [2.24, 2.45) is 0 Å². The summed E-state index contributed by atoms with van der Waals surface area (Å²) in [6, 6.07) is 10.0. The monoisotopic (exact) mass is 598 g/mol. The van der Waals surface area contributed by atoms with Crippen molar-refractivity contribution in [2.45, 2.75) is 149 Å². The Morgan fingerprint density at radius 3 is 1.07 bits per heavy atom. The van der Waals surface area contributed by atoms with Gasteiger partial charge in [0.2, 0.25) is 0 Å². The molecule has 1 rings (SSSR count). The van der Waals surface area contributed by atoms with Crippen molar-refractivity contribution in [2.75, 3.05) is 13.2 Å². The quantitative estimate of drug-likeness (QED) is 0.0604. The average Bonchev–Trinajstić information content (AvgIpc) is 3.04. The smallest absolute Gasteiger partial charge is 0.330 e. The van der Waals surface area contributed by atoms with Crippen LogP contribution in [0.5, 0.6) is 0 Å². The molecule has 0 saturated carbocycles. The summed E-state index contributed by atoms with van der Waals surface area (Å²) >= 11 is 0. The molecule has 0 N–H and O–H groups in total. The molecule has 0 aliphatic rings. The van der Waals surface area contributed by atoms with Crippen molar-refractivity contribution in [3.05, 3.63) is 67.8 Å². The average molecular weight is 599 g/mol. The van der Waals surface area contributed by atoms with Crippen molar-refractivity contribution in [1.82, 2.24) is 0 Å². The lowest BCUT2D eigenvalue weighted by atomic mass is 10.1. The van der Waals surface area contributed by atoms with E-state index in [9.17, 15) is 9.59 Å². The molecule has 0 heterocycles. The molecule has 0 amide bonds. The largest absolute Gasteiger partial charge is 0.463 e. The highest BCUT2D eigenvalue weighted by atomic mass is 16.5. The van der Waals surface area contributed by atoms with E-state index >= 15 is 0 Å². The van der Waals surface area contributed by atoms with Gasteiger partial charge in [-0.25, -0.2) is 9.59 Å². The number of rotatable bonds is 26. The Kier molecular flexibility index (Phi) is 37.0. The van der Waals surface area contributed by atoms with Gasteiger partial charge in [0.1, 0.15) is 0 Å². The molecule has 0 spiro atoms. The Bertz CT molecular complexity index is 756. The lowest BCUT2D eigenvalue weighted by Crippen LogP contribution is -2.01. The van der Waals surface area contributed by atoms with Crippen LogP contribution < -0.4 is 0 Å². The van der Waals surface area contributed by atoms with Crippen LogP contribution in [0, 0.1) is 0 Å². The summed E-state index contributed by atoms with van der Waals surface area (Å²) in [5.41, 5.74) is 1.17. The Morgan fingerprint density at radius 2 is 0.814 bits per heavy atom. The number of unbranched alkanes of at least 4 members (excludes halogenated alkanes) is 19. The van der Waals surface area contributed by atoms with Crippen molar-refractivity contribution in [3.63, 3.8) is 0 Å². The third-order valence-electron chi connectivity index (χ3n) is 7.10. The van der Waals surface area contributed by atoms with Crippen LogP contribution in [-0.2, 0) is 19.1 Å². The van der Waals surface area contributed by atoms with Crippen LogP contribution in [0.15, 0.2) is 62.2 Å². The van der Waals surface area contributed by atoms with Crippen molar-refractivity contribution in [1.29, 1.82) is 0 Å². The van der Waals surface area contributed by atoms with Crippen LogP contribution in [0.3, 0.4) is 0 Å². The van der Waals surface area contributed by atoms with Gasteiger partial charge in [-0.05, 0) is 18.4 Å². The molecule has 0 fully saturated rings. The topological polar surface area (TPSA) is 52.6 Å². The fraction of sp³-hybridized carbons (Fsp3) is 0.641. The van der Waals surface area contributed by atoms with Gasteiger partial charge in [0, 0.05) is 12.2 Å². The van der Waals surface area contributed by atoms with Crippen LogP contribution in [0.25, 0.3) is 6.08 Å². The molecule has 1 aromatic rings. The lowest BCUT2D eigenvalue weighted by Gasteiger charge is -2.03. The molecule has 0 aliphatic carbocycles. The van der Waals surface area contributed by atoms with E-state index in [1.807, 2.05) is 36.4 Å². The van der Waals surface area contributed by atoms with Crippen LogP contribution in [0.4, 0.5) is 0 Å². The minimum Gasteiger partial charge on any atom is -0.463 e. The molecular weight excluding hydrogens is 532 g/mol. The van der Waals surface area contributed by atoms with Gasteiger partial charge in [-0.2, -0.15) is 0 Å². The third kappa shape index (κ3) is 37.4. The van der Waals surface area contributed by atoms with Crippen molar-refractivity contribution >= 4 is 18.0 Å². The number of carbonyl (C=O) groups is 2. The maximum absolute atomic E-state index is 10.8. The fourth-order valence-electron chi connectivity index (χ4n) is 4.41. The van der Waals surface area contributed by atoms with Crippen molar-refractivity contribution < 1.29 is 19.1 Å². The zero-order valence-corrected chi connectivity index (χ0v) is 28.1. The molecule has 0 atom stereocenters. The second-order valence-corrected chi connectivity index (χ2v) is 11.1. The Balaban J connectivity index is 0. The van der Waals surface area contributed by atoms with Gasteiger partial charge in [0.05, 0.1) is 13.2 Å². The third-order valence-corrected chi connectivity index (χ3v) is 7.10. The number of hydrogen-bond donors (Lipinski definition) is 0. The maximum Gasteiger partial charge on any atom is 0.330 e. The molecule has 43 heavy (non-hydrogen) atoms. The molecule has 0 aliphatic heterocycles. The van der Waals surface area contributed by atoms with E-state index in [0.717, 1.165) is 12.8 Å². The van der Waals surface area contributed by atoms with E-state index in [0.29, 0.717) is 13.2 Å². The summed E-state index contributed by atoms with van der Waals surface area (Å²) in [5.74, 6) is -0.608. The van der Waals surface area contributed by atoms with Gasteiger partial charge in [-0.1, -0.05) is 192 Å². The standard InChI is InChI=1S/C16H30O2.C15H28O2.C8H8/c1-3-5-6-7-8-9-10-11-12-13-14-15-18-16(17)4-2;1-3-5-6-7-8-9-10-11-12-13-14-17-15(16)4-2;1-2-8-6-4-3-5-7-8/h4H,2-3,5-15H2,1H3;4H,2-3,5-14H2,1H3;2-7H,1H2. The highest BCUT2D eigenvalue weighted by Crippen LogP contribution is 2.12. The first kappa shape index (κ1) is 42.5. The van der Waals surface area contributed by atoms with Gasteiger partial charge < -0.3 is 9.47 Å². The van der Waals surface area contributed by atoms with Crippen molar-refractivity contribution in [3.8, 4) is 0 Å². The van der Waals surface area contributed by atoms with E-state index in [1.165, 1.54) is 140 Å². The van der Waals surface area contributed by atoms with Gasteiger partial charge in [-0.15, -0.1) is 0 Å². The number of ether oxygens (including phenoxy) is 2. The minimum atomic E-state index is -0.305. The predicted molar refractivity (Wildman–Crippen MR) is 187 cm³/mol. The highest BCUT2D eigenvalue weighted by molar-refractivity contribution is 5.81. The molecule has 4 nitrogen and oxygen atoms in total. The van der Waals surface area contributed by atoms with E-state index in [4.69, 9.17) is 9.47 Å². The second kappa shape index (κ2) is 37.4. The number of hydrogen-bond acceptors (Lipinski definition) is 4. The van der Waals surface area contributed by atoms with Crippen LogP contribution in [-0.4, -0.2) is 25.2 Å². The Labute approximate surface area is 266 Å². The zero-order chi connectivity index (χ0) is 32.1. The molecular formula is C39H66O4. The molecule has 0 radical (unpaired) electrons. The number of benzene rings is 1. The molecule has 246 valence electrons. The summed E-state index contributed by atoms with van der Waals surface area (Å²) in [6.45, 7) is 15.9. The van der Waals surface area contributed by atoms with E-state index in [-0.39, 0.29) is 11.9 Å². The summed E-state index contributed by atoms with van der Waals surface area (Å²) in [4.78, 5) is 21.5. The molecule has 0 saturated heterocycles. The first-order valence-electron chi connectivity index (χ1n) is 17.3. The van der Waals surface area contributed by atoms with Gasteiger partial charge >= 0.3 is 11.9 Å². The molecule has 0 bridgehead atoms. The number of carbonyl (C=O) groups excluding carboxylic acids is 2. The van der Waals surface area contributed by atoms with Gasteiger partial charge in [0.15, 0.2) is 0 Å². The maximum atomic E-state index is 10.8. The first-order chi connectivity index (χ1) is 21.0. The molecule has 0 unspecified atom stereocenters. The summed E-state index contributed by atoms with van der Waals surface area (Å²) < 4.78 is 9.82. The predicted octanol–water partition coefficient (Wildman–Crippen LogP) is 12.0. The zero-order valence-electron chi connectivity index (χ0n) is 28.1. The molecule has 0 aromatic heterocycles. The Hall–Kier alpha value is -2.62. The summed E-state index contributed by atoms with van der Waals surface area (Å²) in [7, 11) is 0. The van der Waals surface area contributed by atoms with E-state index < -0.39 is 0 Å². The lowest BCUT2D eigenvalue weighted by molar-refractivity contribution is -0.138. The molecule has 4 heteroatoms. The highest BCUT2D eigenvalue weighted by Gasteiger charge is 1.97. The SMILES string of the molecule is C=CC(=O)OCCCCCCCCCCCC.C=CC(=O)OCCCCCCCCCCCCC.C=Cc1ccccc1. The fourth-order valence-corrected chi connectivity index (χ4v) is 4.41. The molecule has 1 aromatic carbocycles. The summed E-state index contributed by atoms with van der Waals surface area (Å²) in [5, 5.41) is 0. The van der Waals surface area contributed by atoms with E-state index in [1.54, 1.807) is 0 Å². The Morgan fingerprint density at radius 1 is 0.512 bits per heavy atom. The normalized spacial score (nSPS) is 9.91. The minimum absolute atomic E-state index is 0.304. The number of esters is 2.